The zero-order chi connectivity index (χ0) is 24.2. The van der Waals surface area contributed by atoms with E-state index in [-0.39, 0.29) is 15.9 Å². The molecule has 3 aromatic carbocycles. The number of ether oxygens (including phenoxy) is 1. The van der Waals surface area contributed by atoms with Gasteiger partial charge in [-0.2, -0.15) is 0 Å². The molecule has 0 amide bonds. The molecule has 0 bridgehead atoms. The van der Waals surface area contributed by atoms with Crippen LogP contribution in [0.15, 0.2) is 101 Å². The number of benzene rings is 3. The van der Waals surface area contributed by atoms with E-state index in [0.29, 0.717) is 18.2 Å². The van der Waals surface area contributed by atoms with Gasteiger partial charge in [-0.25, -0.2) is 4.98 Å². The van der Waals surface area contributed by atoms with E-state index in [0.717, 1.165) is 38.7 Å². The normalized spacial score (nSPS) is 15.0. The number of hydrogen-bond acceptors (Lipinski definition) is 6. The van der Waals surface area contributed by atoms with E-state index in [1.165, 1.54) is 0 Å². The van der Waals surface area contributed by atoms with Crippen molar-refractivity contribution in [2.75, 3.05) is 0 Å². The molecular weight excluding hydrogens is 482 g/mol. The number of fused-ring (bicyclic) bond motifs is 1. The molecule has 0 aliphatic carbocycles. The first-order valence-corrected chi connectivity index (χ1v) is 12.2. The average molecular weight is 502 g/mol. The highest BCUT2D eigenvalue weighted by molar-refractivity contribution is 7.99. The van der Waals surface area contributed by atoms with Gasteiger partial charge < -0.3 is 4.74 Å². The van der Waals surface area contributed by atoms with E-state index in [1.54, 1.807) is 36.2 Å². The van der Waals surface area contributed by atoms with Gasteiger partial charge in [0, 0.05) is 46.2 Å². The third-order valence-electron chi connectivity index (χ3n) is 5.63. The molecule has 8 heteroatoms. The van der Waals surface area contributed by atoms with E-state index < -0.39 is 0 Å². The predicted octanol–water partition coefficient (Wildman–Crippen LogP) is 7.58. The Morgan fingerprint density at radius 1 is 1.00 bits per heavy atom. The Morgan fingerprint density at radius 3 is 2.49 bits per heavy atom. The van der Waals surface area contributed by atoms with Gasteiger partial charge >= 0.3 is 0 Å². The van der Waals surface area contributed by atoms with Crippen LogP contribution in [-0.4, -0.2) is 15.6 Å². The number of non-ortho nitro benzene ring substituents is 1. The maximum Gasteiger partial charge on any atom is 0.269 e. The van der Waals surface area contributed by atoms with Crippen LogP contribution in [0, 0.1) is 10.1 Å². The molecule has 35 heavy (non-hydrogen) atoms. The quantitative estimate of drug-likeness (QED) is 0.154. The van der Waals surface area contributed by atoms with Crippen molar-refractivity contribution in [3.05, 3.63) is 123 Å². The van der Waals surface area contributed by atoms with Crippen molar-refractivity contribution >= 4 is 40.4 Å². The summed E-state index contributed by atoms with van der Waals surface area (Å²) in [5.41, 5.74) is 4.95. The highest BCUT2D eigenvalue weighted by atomic mass is 35.5. The highest BCUT2D eigenvalue weighted by Gasteiger charge is 2.23. The molecule has 0 saturated carbocycles. The van der Waals surface area contributed by atoms with Crippen molar-refractivity contribution in [3.63, 3.8) is 0 Å². The third-order valence-corrected chi connectivity index (χ3v) is 7.17. The number of nitrogens with zero attached hydrogens (tertiary/aromatic N) is 3. The number of aromatic nitrogens is 1. The number of para-hydroxylation sites is 1. The fourth-order valence-electron chi connectivity index (χ4n) is 3.79. The zero-order valence-corrected chi connectivity index (χ0v) is 20.1. The summed E-state index contributed by atoms with van der Waals surface area (Å²) in [6.45, 7) is 0.399. The Labute approximate surface area is 211 Å². The molecule has 1 unspecified atom stereocenters. The number of pyridine rings is 1. The molecule has 1 aliphatic rings. The van der Waals surface area contributed by atoms with Crippen LogP contribution in [-0.2, 0) is 6.61 Å². The monoisotopic (exact) mass is 501 g/mol. The van der Waals surface area contributed by atoms with E-state index >= 15 is 0 Å². The lowest BCUT2D eigenvalue weighted by Gasteiger charge is -2.16. The van der Waals surface area contributed by atoms with Gasteiger partial charge in [0.2, 0.25) is 0 Å². The summed E-state index contributed by atoms with van der Waals surface area (Å²) < 4.78 is 5.89. The summed E-state index contributed by atoms with van der Waals surface area (Å²) in [7, 11) is 0. The number of hydrogen-bond donors (Lipinski definition) is 0. The number of thioether (sulfide) groups is 1. The van der Waals surface area contributed by atoms with Crippen LogP contribution >= 0.6 is 23.4 Å². The van der Waals surface area contributed by atoms with Crippen LogP contribution < -0.4 is 4.74 Å². The van der Waals surface area contributed by atoms with Crippen LogP contribution in [0.3, 0.4) is 0 Å². The second-order valence-corrected chi connectivity index (χ2v) is 9.62. The van der Waals surface area contributed by atoms with Gasteiger partial charge in [0.15, 0.2) is 0 Å². The van der Waals surface area contributed by atoms with Crippen LogP contribution in [0.2, 0.25) is 5.15 Å². The SMILES string of the molecule is O=[N+]([O-])c1ccc(C2CC(c3ccc(OCc4ccc(Cl)nc4)cc3)=Nc3ccccc3S2)cc1. The van der Waals surface area contributed by atoms with Crippen molar-refractivity contribution in [2.24, 2.45) is 4.99 Å². The van der Waals surface area contributed by atoms with Crippen LogP contribution in [0.1, 0.15) is 28.4 Å². The van der Waals surface area contributed by atoms with E-state index in [2.05, 4.69) is 11.1 Å². The molecule has 2 heterocycles. The number of halogens is 1. The molecule has 1 aliphatic heterocycles. The average Bonchev–Trinajstić information content (AvgIpc) is 3.09. The van der Waals surface area contributed by atoms with E-state index in [1.807, 2.05) is 60.7 Å². The van der Waals surface area contributed by atoms with Crippen LogP contribution in [0.5, 0.6) is 5.75 Å². The third kappa shape index (κ3) is 5.53. The summed E-state index contributed by atoms with van der Waals surface area (Å²) in [5.74, 6) is 0.750. The smallest absolute Gasteiger partial charge is 0.269 e. The molecule has 1 aromatic heterocycles. The summed E-state index contributed by atoms with van der Waals surface area (Å²) in [5, 5.41) is 11.6. The lowest BCUT2D eigenvalue weighted by Crippen LogP contribution is -2.06. The molecule has 0 saturated heterocycles. The van der Waals surface area contributed by atoms with Gasteiger partial charge in [0.1, 0.15) is 17.5 Å². The molecular formula is C27H20ClN3O3S. The fourth-order valence-corrected chi connectivity index (χ4v) is 5.14. The molecule has 174 valence electrons. The van der Waals surface area contributed by atoms with Crippen molar-refractivity contribution in [3.8, 4) is 5.75 Å². The number of nitro groups is 1. The minimum Gasteiger partial charge on any atom is -0.489 e. The number of nitro benzene ring substituents is 1. The summed E-state index contributed by atoms with van der Waals surface area (Å²) in [6, 6.07) is 26.4. The van der Waals surface area contributed by atoms with E-state index in [9.17, 15) is 10.1 Å². The fraction of sp³-hybridized carbons (Fsp3) is 0.111. The molecule has 6 nitrogen and oxygen atoms in total. The Bertz CT molecular complexity index is 1370. The molecule has 1 atom stereocenters. The van der Waals surface area contributed by atoms with Crippen LogP contribution in [0.25, 0.3) is 0 Å². The molecule has 0 radical (unpaired) electrons. The Hall–Kier alpha value is -3.68. The van der Waals surface area contributed by atoms with Gasteiger partial charge in [-0.05, 0) is 53.6 Å². The van der Waals surface area contributed by atoms with Gasteiger partial charge in [-0.3, -0.25) is 15.1 Å². The summed E-state index contributed by atoms with van der Waals surface area (Å²) in [6.07, 6.45) is 2.39. The van der Waals surface area contributed by atoms with Crippen molar-refractivity contribution in [2.45, 2.75) is 23.2 Å². The van der Waals surface area contributed by atoms with Gasteiger partial charge in [0.05, 0.1) is 10.6 Å². The lowest BCUT2D eigenvalue weighted by molar-refractivity contribution is -0.384. The largest absolute Gasteiger partial charge is 0.489 e. The van der Waals surface area contributed by atoms with E-state index in [4.69, 9.17) is 21.3 Å². The number of aliphatic imine (C=N–C) groups is 1. The summed E-state index contributed by atoms with van der Waals surface area (Å²) >= 11 is 7.57. The molecule has 4 aromatic rings. The Kier molecular flexibility index (Phi) is 6.79. The Balaban J connectivity index is 1.38. The number of rotatable bonds is 6. The molecule has 5 rings (SSSR count). The topological polar surface area (TPSA) is 77.6 Å². The zero-order valence-electron chi connectivity index (χ0n) is 18.5. The lowest BCUT2D eigenvalue weighted by atomic mass is 10.0. The standard InChI is InChI=1S/C27H20ClN3O3S/c28-27-14-5-18(16-29-27)17-34-22-12-8-19(9-13-22)24-15-26(20-6-10-21(11-7-20)31(32)33)35-25-4-2-1-3-23(25)30-24/h1-14,16,26H,15,17H2. The van der Waals surface area contributed by atoms with Gasteiger partial charge in [-0.15, -0.1) is 11.8 Å². The maximum atomic E-state index is 11.1. The van der Waals surface area contributed by atoms with Crippen molar-refractivity contribution < 1.29 is 9.66 Å². The second-order valence-electron chi connectivity index (χ2n) is 7.99. The van der Waals surface area contributed by atoms with Crippen molar-refractivity contribution in [1.29, 1.82) is 0 Å². The van der Waals surface area contributed by atoms with Gasteiger partial charge in [-0.1, -0.05) is 41.9 Å². The van der Waals surface area contributed by atoms with Crippen molar-refractivity contribution in [1.82, 2.24) is 4.98 Å². The minimum atomic E-state index is -0.376. The Morgan fingerprint density at radius 2 is 1.77 bits per heavy atom. The van der Waals surface area contributed by atoms with Crippen LogP contribution in [0.4, 0.5) is 11.4 Å². The molecule has 0 N–H and O–H groups in total. The molecule has 0 fully saturated rings. The summed E-state index contributed by atoms with van der Waals surface area (Å²) in [4.78, 5) is 20.8. The van der Waals surface area contributed by atoms with Gasteiger partial charge in [0.25, 0.3) is 5.69 Å². The first kappa shape index (κ1) is 23.1. The highest BCUT2D eigenvalue weighted by Crippen LogP contribution is 2.45. The molecule has 0 spiro atoms. The first-order chi connectivity index (χ1) is 17.0. The second kappa shape index (κ2) is 10.3. The maximum absolute atomic E-state index is 11.1. The predicted molar refractivity (Wildman–Crippen MR) is 139 cm³/mol. The minimum absolute atomic E-state index is 0.0755. The first-order valence-electron chi connectivity index (χ1n) is 11.0.